The van der Waals surface area contributed by atoms with Gasteiger partial charge in [0.15, 0.2) is 5.15 Å². The number of anilines is 1. The van der Waals surface area contributed by atoms with Gasteiger partial charge in [-0.3, -0.25) is 9.78 Å². The number of rotatable bonds is 6. The van der Waals surface area contributed by atoms with Gasteiger partial charge in [0.1, 0.15) is 15.8 Å². The maximum absolute atomic E-state index is 13.2. The standard InChI is InChI=1S/C13H13ClFN3O2S2/c1-18(10(19)3-4-21-20-2)13-11(14)17-12(22-13)8-5-9(15)7-16-6-8/h5-7H,3-4H2,1-2H3. The predicted octanol–water partition coefficient (Wildman–Crippen LogP) is 3.65. The predicted molar refractivity (Wildman–Crippen MR) is 87.8 cm³/mol. The van der Waals surface area contributed by atoms with Crippen molar-refractivity contribution in [3.05, 3.63) is 29.4 Å². The SMILES string of the molecule is COSCCC(=O)N(C)c1sc(-c2cncc(F)c2)nc1Cl. The maximum atomic E-state index is 13.2. The van der Waals surface area contributed by atoms with Gasteiger partial charge in [0.05, 0.1) is 13.3 Å². The Morgan fingerprint density at radius 1 is 1.55 bits per heavy atom. The fourth-order valence-electron chi connectivity index (χ4n) is 1.65. The van der Waals surface area contributed by atoms with Gasteiger partial charge in [-0.15, -0.1) is 0 Å². The first-order valence-electron chi connectivity index (χ1n) is 6.22. The molecule has 0 saturated heterocycles. The lowest BCUT2D eigenvalue weighted by Crippen LogP contribution is -2.25. The van der Waals surface area contributed by atoms with E-state index in [0.717, 1.165) is 6.20 Å². The van der Waals surface area contributed by atoms with E-state index in [2.05, 4.69) is 9.97 Å². The fraction of sp³-hybridized carbons (Fsp3) is 0.308. The average Bonchev–Trinajstić information content (AvgIpc) is 2.88. The number of nitrogens with zero attached hydrogens (tertiary/aromatic N) is 3. The number of hydrogen-bond acceptors (Lipinski definition) is 6. The highest BCUT2D eigenvalue weighted by atomic mass is 35.5. The van der Waals surface area contributed by atoms with Crippen LogP contribution in [0.4, 0.5) is 9.39 Å². The van der Waals surface area contributed by atoms with Gasteiger partial charge >= 0.3 is 0 Å². The van der Waals surface area contributed by atoms with Crippen molar-refractivity contribution < 1.29 is 13.4 Å². The van der Waals surface area contributed by atoms with Crippen molar-refractivity contribution in [1.82, 2.24) is 9.97 Å². The van der Waals surface area contributed by atoms with Crippen LogP contribution in [0.15, 0.2) is 18.5 Å². The third kappa shape index (κ3) is 4.16. The summed E-state index contributed by atoms with van der Waals surface area (Å²) in [4.78, 5) is 21.5. The molecule has 0 aliphatic carbocycles. The third-order valence-corrected chi connectivity index (χ3v) is 4.88. The maximum Gasteiger partial charge on any atom is 0.228 e. The summed E-state index contributed by atoms with van der Waals surface area (Å²) >= 11 is 8.52. The fourth-order valence-corrected chi connectivity index (χ4v) is 3.37. The van der Waals surface area contributed by atoms with Gasteiger partial charge in [0.2, 0.25) is 5.91 Å². The van der Waals surface area contributed by atoms with Crippen molar-refractivity contribution in [2.75, 3.05) is 24.8 Å². The summed E-state index contributed by atoms with van der Waals surface area (Å²) in [5.41, 5.74) is 0.522. The molecule has 2 aromatic rings. The zero-order valence-corrected chi connectivity index (χ0v) is 14.3. The quantitative estimate of drug-likeness (QED) is 0.580. The highest BCUT2D eigenvalue weighted by Gasteiger charge is 2.19. The minimum atomic E-state index is -0.452. The molecule has 0 saturated carbocycles. The number of halogens is 2. The molecule has 0 unspecified atom stereocenters. The van der Waals surface area contributed by atoms with Gasteiger partial charge in [0, 0.05) is 31.0 Å². The molecule has 0 aromatic carbocycles. The zero-order valence-electron chi connectivity index (χ0n) is 11.9. The Kier molecular flexibility index (Phi) is 6.13. The van der Waals surface area contributed by atoms with Crippen LogP contribution in [-0.2, 0) is 8.98 Å². The molecule has 5 nitrogen and oxygen atoms in total. The molecule has 0 aliphatic heterocycles. The van der Waals surface area contributed by atoms with Crippen molar-refractivity contribution in [2.45, 2.75) is 6.42 Å². The van der Waals surface area contributed by atoms with Gasteiger partial charge < -0.3 is 9.08 Å². The summed E-state index contributed by atoms with van der Waals surface area (Å²) in [6, 6.07) is 1.32. The lowest BCUT2D eigenvalue weighted by atomic mass is 10.3. The molecule has 9 heteroatoms. The first-order valence-corrected chi connectivity index (χ1v) is 8.33. The number of thiazole rings is 1. The molecule has 2 rings (SSSR count). The molecule has 1 amide bonds. The van der Waals surface area contributed by atoms with E-state index in [1.165, 1.54) is 40.5 Å². The third-order valence-electron chi connectivity index (χ3n) is 2.72. The van der Waals surface area contributed by atoms with Crippen LogP contribution >= 0.6 is 35.0 Å². The van der Waals surface area contributed by atoms with Crippen LogP contribution in [-0.4, -0.2) is 35.8 Å². The molecular formula is C13H13ClFN3O2S2. The van der Waals surface area contributed by atoms with Crippen LogP contribution in [0.3, 0.4) is 0 Å². The van der Waals surface area contributed by atoms with Crippen molar-refractivity contribution in [1.29, 1.82) is 0 Å². The monoisotopic (exact) mass is 361 g/mol. The first kappa shape index (κ1) is 17.1. The summed E-state index contributed by atoms with van der Waals surface area (Å²) in [5, 5.41) is 1.24. The number of carbonyl (C=O) groups excluding carboxylic acids is 1. The minimum absolute atomic E-state index is 0.0981. The Labute approximate surface area is 140 Å². The summed E-state index contributed by atoms with van der Waals surface area (Å²) in [6.07, 6.45) is 2.93. The van der Waals surface area contributed by atoms with Gasteiger partial charge in [-0.1, -0.05) is 22.9 Å². The summed E-state index contributed by atoms with van der Waals surface area (Å²) in [6.45, 7) is 0. The molecule has 0 aliphatic rings. The zero-order chi connectivity index (χ0) is 16.1. The first-order chi connectivity index (χ1) is 10.5. The number of aromatic nitrogens is 2. The van der Waals surface area contributed by atoms with E-state index in [-0.39, 0.29) is 11.1 Å². The summed E-state index contributed by atoms with van der Waals surface area (Å²) < 4.78 is 18.1. The van der Waals surface area contributed by atoms with Crippen LogP contribution in [0, 0.1) is 5.82 Å². The average molecular weight is 362 g/mol. The van der Waals surface area contributed by atoms with E-state index in [1.807, 2.05) is 0 Å². The smallest absolute Gasteiger partial charge is 0.228 e. The molecule has 0 N–H and O–H groups in total. The number of hydrogen-bond donors (Lipinski definition) is 0. The number of carbonyl (C=O) groups is 1. The van der Waals surface area contributed by atoms with Crippen molar-refractivity contribution >= 4 is 45.9 Å². The molecule has 0 atom stereocenters. The normalized spacial score (nSPS) is 10.7. The molecule has 0 fully saturated rings. The van der Waals surface area contributed by atoms with E-state index < -0.39 is 5.82 Å². The lowest BCUT2D eigenvalue weighted by molar-refractivity contribution is -0.117. The Hall–Kier alpha value is -1.22. The summed E-state index contributed by atoms with van der Waals surface area (Å²) in [7, 11) is 3.19. The number of pyridine rings is 1. The van der Waals surface area contributed by atoms with E-state index in [4.69, 9.17) is 15.8 Å². The van der Waals surface area contributed by atoms with Crippen LogP contribution in [0.2, 0.25) is 5.15 Å². The van der Waals surface area contributed by atoms with Gasteiger partial charge in [-0.05, 0) is 18.1 Å². The summed E-state index contributed by atoms with van der Waals surface area (Å²) in [5.74, 6) is 0.00181. The molecular weight excluding hydrogens is 349 g/mol. The topological polar surface area (TPSA) is 55.3 Å². The van der Waals surface area contributed by atoms with Gasteiger partial charge in [0.25, 0.3) is 0 Å². The molecule has 0 radical (unpaired) electrons. The van der Waals surface area contributed by atoms with E-state index >= 15 is 0 Å². The highest BCUT2D eigenvalue weighted by Crippen LogP contribution is 2.37. The van der Waals surface area contributed by atoms with E-state index in [1.54, 1.807) is 14.2 Å². The van der Waals surface area contributed by atoms with Crippen molar-refractivity contribution in [3.63, 3.8) is 0 Å². The van der Waals surface area contributed by atoms with Crippen LogP contribution in [0.5, 0.6) is 0 Å². The molecule has 22 heavy (non-hydrogen) atoms. The second-order valence-electron chi connectivity index (χ2n) is 4.20. The second-order valence-corrected chi connectivity index (χ2v) is 6.51. The highest BCUT2D eigenvalue weighted by molar-refractivity contribution is 7.94. The Morgan fingerprint density at radius 3 is 3.00 bits per heavy atom. The molecule has 118 valence electrons. The van der Waals surface area contributed by atoms with E-state index in [0.29, 0.717) is 27.7 Å². The van der Waals surface area contributed by atoms with Crippen molar-refractivity contribution in [3.8, 4) is 10.6 Å². The van der Waals surface area contributed by atoms with Crippen molar-refractivity contribution in [2.24, 2.45) is 0 Å². The van der Waals surface area contributed by atoms with Crippen LogP contribution in [0.25, 0.3) is 10.6 Å². The molecule has 2 heterocycles. The number of amides is 1. The van der Waals surface area contributed by atoms with Crippen LogP contribution in [0.1, 0.15) is 6.42 Å². The Morgan fingerprint density at radius 2 is 2.32 bits per heavy atom. The largest absolute Gasteiger partial charge is 0.319 e. The molecule has 0 bridgehead atoms. The van der Waals surface area contributed by atoms with Crippen LogP contribution < -0.4 is 4.90 Å². The Bertz CT molecular complexity index is 668. The van der Waals surface area contributed by atoms with E-state index in [9.17, 15) is 9.18 Å². The molecule has 2 aromatic heterocycles. The second kappa shape index (κ2) is 7.87. The lowest BCUT2D eigenvalue weighted by Gasteiger charge is -2.14. The molecule has 0 spiro atoms. The van der Waals surface area contributed by atoms with Gasteiger partial charge in [-0.25, -0.2) is 9.37 Å². The minimum Gasteiger partial charge on any atom is -0.319 e. The Balaban J connectivity index is 2.17. The van der Waals surface area contributed by atoms with Gasteiger partial charge in [-0.2, -0.15) is 0 Å².